The van der Waals surface area contributed by atoms with Crippen molar-refractivity contribution >= 4 is 0 Å². The lowest BCUT2D eigenvalue weighted by Crippen LogP contribution is -2.01. The third-order valence-electron chi connectivity index (χ3n) is 4.30. The maximum absolute atomic E-state index is 2.46. The van der Waals surface area contributed by atoms with E-state index in [1.807, 2.05) is 0 Å². The van der Waals surface area contributed by atoms with Crippen molar-refractivity contribution in [2.75, 3.05) is 0 Å². The summed E-state index contributed by atoms with van der Waals surface area (Å²) in [7, 11) is 0. The van der Waals surface area contributed by atoms with Crippen LogP contribution in [0.3, 0.4) is 0 Å². The van der Waals surface area contributed by atoms with Crippen LogP contribution < -0.4 is 0 Å². The molecular formula is C16H32. The number of hydrogen-bond donors (Lipinski definition) is 0. The highest BCUT2D eigenvalue weighted by Crippen LogP contribution is 2.23. The molecule has 0 heteroatoms. The van der Waals surface area contributed by atoms with Crippen molar-refractivity contribution in [3.05, 3.63) is 0 Å². The minimum Gasteiger partial charge on any atom is -0.0625 e. The monoisotopic (exact) mass is 224 g/mol. The van der Waals surface area contributed by atoms with Gasteiger partial charge in [-0.15, -0.1) is 0 Å². The molecule has 1 saturated carbocycles. The zero-order valence-electron chi connectivity index (χ0n) is 11.6. The van der Waals surface area contributed by atoms with Crippen molar-refractivity contribution in [3.8, 4) is 0 Å². The van der Waals surface area contributed by atoms with Gasteiger partial charge in [0.1, 0.15) is 0 Å². The van der Waals surface area contributed by atoms with E-state index in [0.717, 1.165) is 11.8 Å². The minimum absolute atomic E-state index is 0.977. The number of rotatable bonds is 0. The van der Waals surface area contributed by atoms with Gasteiger partial charge >= 0.3 is 0 Å². The van der Waals surface area contributed by atoms with Gasteiger partial charge in [-0.3, -0.25) is 0 Å². The lowest BCUT2D eigenvalue weighted by molar-refractivity contribution is 0.372. The zero-order chi connectivity index (χ0) is 11.6. The first-order valence-corrected chi connectivity index (χ1v) is 7.79. The largest absolute Gasteiger partial charge is 0.0625 e. The molecule has 0 bridgehead atoms. The maximum Gasteiger partial charge on any atom is -0.0443 e. The fourth-order valence-corrected chi connectivity index (χ4v) is 2.90. The van der Waals surface area contributed by atoms with Crippen molar-refractivity contribution in [1.82, 2.24) is 0 Å². The molecule has 2 atom stereocenters. The topological polar surface area (TPSA) is 0 Å². The molecule has 1 aliphatic rings. The Morgan fingerprint density at radius 1 is 0.438 bits per heavy atom. The molecule has 0 aromatic heterocycles. The van der Waals surface area contributed by atoms with Gasteiger partial charge in [-0.2, -0.15) is 0 Å². The summed E-state index contributed by atoms with van der Waals surface area (Å²) in [5.41, 5.74) is 0. The van der Waals surface area contributed by atoms with Gasteiger partial charge in [-0.25, -0.2) is 0 Å². The molecule has 0 aliphatic heterocycles. The van der Waals surface area contributed by atoms with Crippen LogP contribution in [-0.2, 0) is 0 Å². The van der Waals surface area contributed by atoms with E-state index in [1.165, 1.54) is 77.0 Å². The van der Waals surface area contributed by atoms with Crippen LogP contribution in [0.1, 0.15) is 90.9 Å². The maximum atomic E-state index is 2.46. The van der Waals surface area contributed by atoms with Crippen LogP contribution in [0.25, 0.3) is 0 Å². The Hall–Kier alpha value is 0. The molecule has 0 radical (unpaired) electrons. The van der Waals surface area contributed by atoms with Crippen LogP contribution in [0.2, 0.25) is 0 Å². The Labute approximate surface area is 103 Å². The van der Waals surface area contributed by atoms with Gasteiger partial charge in [0.15, 0.2) is 0 Å². The van der Waals surface area contributed by atoms with E-state index in [2.05, 4.69) is 13.8 Å². The van der Waals surface area contributed by atoms with Crippen molar-refractivity contribution in [2.45, 2.75) is 90.9 Å². The van der Waals surface area contributed by atoms with Crippen LogP contribution in [0.15, 0.2) is 0 Å². The fraction of sp³-hybridized carbons (Fsp3) is 1.00. The molecule has 1 rings (SSSR count). The van der Waals surface area contributed by atoms with Crippen LogP contribution in [0, 0.1) is 11.8 Å². The van der Waals surface area contributed by atoms with Crippen LogP contribution >= 0.6 is 0 Å². The molecule has 2 unspecified atom stereocenters. The third-order valence-corrected chi connectivity index (χ3v) is 4.30. The molecule has 0 aromatic rings. The van der Waals surface area contributed by atoms with Crippen molar-refractivity contribution in [2.24, 2.45) is 11.8 Å². The second-order valence-corrected chi connectivity index (χ2v) is 6.19. The highest BCUT2D eigenvalue weighted by atomic mass is 14.1. The molecule has 0 nitrogen and oxygen atoms in total. The summed E-state index contributed by atoms with van der Waals surface area (Å²) in [5.74, 6) is 1.95. The Morgan fingerprint density at radius 3 is 1.12 bits per heavy atom. The van der Waals surface area contributed by atoms with Gasteiger partial charge in [0.2, 0.25) is 0 Å². The van der Waals surface area contributed by atoms with E-state index in [-0.39, 0.29) is 0 Å². The molecule has 0 heterocycles. The summed E-state index contributed by atoms with van der Waals surface area (Å²) in [6.45, 7) is 4.91. The van der Waals surface area contributed by atoms with Gasteiger partial charge in [-0.05, 0) is 11.8 Å². The fourth-order valence-electron chi connectivity index (χ4n) is 2.90. The first-order valence-electron chi connectivity index (χ1n) is 7.79. The lowest BCUT2D eigenvalue weighted by Gasteiger charge is -2.16. The Kier molecular flexibility index (Phi) is 7.98. The predicted octanol–water partition coefficient (Wildman–Crippen LogP) is 5.95. The molecule has 96 valence electrons. The summed E-state index contributed by atoms with van der Waals surface area (Å²) in [5, 5.41) is 0. The van der Waals surface area contributed by atoms with Gasteiger partial charge in [0.05, 0.1) is 0 Å². The quantitative estimate of drug-likeness (QED) is 0.476. The van der Waals surface area contributed by atoms with Gasteiger partial charge < -0.3 is 0 Å². The van der Waals surface area contributed by atoms with Gasteiger partial charge in [0, 0.05) is 0 Å². The second kappa shape index (κ2) is 9.07. The predicted molar refractivity (Wildman–Crippen MR) is 73.7 cm³/mol. The van der Waals surface area contributed by atoms with Crippen molar-refractivity contribution in [1.29, 1.82) is 0 Å². The van der Waals surface area contributed by atoms with Crippen LogP contribution in [0.4, 0.5) is 0 Å². The van der Waals surface area contributed by atoms with E-state index >= 15 is 0 Å². The second-order valence-electron chi connectivity index (χ2n) is 6.19. The van der Waals surface area contributed by atoms with Gasteiger partial charge in [-0.1, -0.05) is 90.9 Å². The number of hydrogen-bond acceptors (Lipinski definition) is 0. The molecule has 0 amide bonds. The molecule has 0 N–H and O–H groups in total. The zero-order valence-corrected chi connectivity index (χ0v) is 11.6. The van der Waals surface area contributed by atoms with Crippen LogP contribution in [0.5, 0.6) is 0 Å². The Bertz CT molecular complexity index is 132. The standard InChI is InChI=1S/C16H32/c1-15-11-9-7-5-3-4-6-8-10-12-16(2)14-13-15/h15-16H,3-14H2,1-2H3. The molecule has 0 spiro atoms. The molecule has 16 heavy (non-hydrogen) atoms. The summed E-state index contributed by atoms with van der Waals surface area (Å²) >= 11 is 0. The van der Waals surface area contributed by atoms with E-state index in [1.54, 1.807) is 0 Å². The van der Waals surface area contributed by atoms with Crippen LogP contribution in [-0.4, -0.2) is 0 Å². The normalized spacial score (nSPS) is 31.9. The average molecular weight is 224 g/mol. The summed E-state index contributed by atoms with van der Waals surface area (Å²) in [6, 6.07) is 0. The molecule has 1 fully saturated rings. The van der Waals surface area contributed by atoms with E-state index in [4.69, 9.17) is 0 Å². The van der Waals surface area contributed by atoms with E-state index in [0.29, 0.717) is 0 Å². The average Bonchev–Trinajstić information content (AvgIpc) is 2.28. The van der Waals surface area contributed by atoms with Crippen molar-refractivity contribution < 1.29 is 0 Å². The summed E-state index contributed by atoms with van der Waals surface area (Å²) in [4.78, 5) is 0. The smallest absolute Gasteiger partial charge is 0.0443 e. The molecular weight excluding hydrogens is 192 g/mol. The Morgan fingerprint density at radius 2 is 0.750 bits per heavy atom. The molecule has 0 aromatic carbocycles. The van der Waals surface area contributed by atoms with E-state index in [9.17, 15) is 0 Å². The first kappa shape index (κ1) is 14.1. The highest BCUT2D eigenvalue weighted by Gasteiger charge is 2.07. The molecule has 1 aliphatic carbocycles. The first-order chi connectivity index (χ1) is 7.79. The lowest BCUT2D eigenvalue weighted by atomic mass is 9.90. The molecule has 0 saturated heterocycles. The Balaban J connectivity index is 2.20. The minimum atomic E-state index is 0.977. The SMILES string of the molecule is CC1CCCCCCCCCCC(C)CC1. The third kappa shape index (κ3) is 7.30. The van der Waals surface area contributed by atoms with Gasteiger partial charge in [0.25, 0.3) is 0 Å². The van der Waals surface area contributed by atoms with E-state index < -0.39 is 0 Å². The summed E-state index contributed by atoms with van der Waals surface area (Å²) < 4.78 is 0. The van der Waals surface area contributed by atoms with Crippen molar-refractivity contribution in [3.63, 3.8) is 0 Å². The highest BCUT2D eigenvalue weighted by molar-refractivity contribution is 4.60. The summed E-state index contributed by atoms with van der Waals surface area (Å²) in [6.07, 6.45) is 17.8.